The van der Waals surface area contributed by atoms with Crippen molar-refractivity contribution in [3.8, 4) is 0 Å². The van der Waals surface area contributed by atoms with E-state index < -0.39 is 5.97 Å². The third-order valence-corrected chi connectivity index (χ3v) is 5.24. The molecule has 0 fully saturated rings. The molecular formula is C17H20N2O3S2. The van der Waals surface area contributed by atoms with Crippen LogP contribution in [0.25, 0.3) is 0 Å². The molecule has 0 unspecified atom stereocenters. The van der Waals surface area contributed by atoms with E-state index in [0.717, 1.165) is 34.9 Å². The molecule has 0 radical (unpaired) electrons. The molecule has 2 rings (SSSR count). The summed E-state index contributed by atoms with van der Waals surface area (Å²) in [6.45, 7) is 2.08. The zero-order valence-electron chi connectivity index (χ0n) is 13.4. The average molecular weight is 364 g/mol. The number of hydrogen-bond donors (Lipinski definition) is 2. The van der Waals surface area contributed by atoms with Crippen molar-refractivity contribution < 1.29 is 14.7 Å². The lowest BCUT2D eigenvalue weighted by molar-refractivity contribution is -0.136. The van der Waals surface area contributed by atoms with Crippen LogP contribution in [0.2, 0.25) is 0 Å². The normalized spacial score (nSPS) is 10.5. The molecule has 5 nitrogen and oxygen atoms in total. The van der Waals surface area contributed by atoms with Crippen molar-refractivity contribution in [3.63, 3.8) is 0 Å². The molecule has 0 bridgehead atoms. The SMILES string of the molecule is CCCc1ncc(C(=O)Nc2cccc(CSCCC(=O)O)c2)s1. The zero-order valence-corrected chi connectivity index (χ0v) is 15.1. The third kappa shape index (κ3) is 5.98. The summed E-state index contributed by atoms with van der Waals surface area (Å²) in [6.07, 6.45) is 3.68. The quantitative estimate of drug-likeness (QED) is 0.656. The van der Waals surface area contributed by atoms with Crippen molar-refractivity contribution in [2.24, 2.45) is 0 Å². The molecule has 0 aliphatic carbocycles. The van der Waals surface area contributed by atoms with Gasteiger partial charge in [-0.2, -0.15) is 11.8 Å². The van der Waals surface area contributed by atoms with Gasteiger partial charge in [-0.15, -0.1) is 11.3 Å². The van der Waals surface area contributed by atoms with Gasteiger partial charge < -0.3 is 10.4 Å². The number of carbonyl (C=O) groups is 2. The van der Waals surface area contributed by atoms with Gasteiger partial charge in [-0.3, -0.25) is 9.59 Å². The number of anilines is 1. The Morgan fingerprint density at radius 3 is 2.96 bits per heavy atom. The van der Waals surface area contributed by atoms with E-state index in [1.165, 1.54) is 11.3 Å². The number of thioether (sulfide) groups is 1. The number of aliphatic carboxylic acids is 1. The molecule has 2 N–H and O–H groups in total. The van der Waals surface area contributed by atoms with Gasteiger partial charge >= 0.3 is 5.97 Å². The van der Waals surface area contributed by atoms with Crippen LogP contribution in [0, 0.1) is 0 Å². The monoisotopic (exact) mass is 364 g/mol. The highest BCUT2D eigenvalue weighted by molar-refractivity contribution is 7.98. The topological polar surface area (TPSA) is 79.3 Å². The summed E-state index contributed by atoms with van der Waals surface area (Å²) < 4.78 is 0. The van der Waals surface area contributed by atoms with E-state index in [4.69, 9.17) is 5.11 Å². The van der Waals surface area contributed by atoms with Crippen LogP contribution in [-0.2, 0) is 17.0 Å². The van der Waals surface area contributed by atoms with Gasteiger partial charge in [-0.1, -0.05) is 19.1 Å². The molecule has 0 spiro atoms. The molecule has 0 aliphatic rings. The molecule has 0 saturated carbocycles. The van der Waals surface area contributed by atoms with Gasteiger partial charge in [-0.05, 0) is 30.5 Å². The summed E-state index contributed by atoms with van der Waals surface area (Å²) >= 11 is 2.99. The molecule has 0 atom stereocenters. The zero-order chi connectivity index (χ0) is 17.4. The van der Waals surface area contributed by atoms with Gasteiger partial charge in [0, 0.05) is 17.2 Å². The summed E-state index contributed by atoms with van der Waals surface area (Å²) in [7, 11) is 0. The molecule has 0 aliphatic heterocycles. The van der Waals surface area contributed by atoms with Gasteiger partial charge in [0.2, 0.25) is 0 Å². The minimum absolute atomic E-state index is 0.148. The van der Waals surface area contributed by atoms with Gasteiger partial charge in [0.15, 0.2) is 0 Å². The number of rotatable bonds is 9. The second-order valence-corrected chi connectivity index (χ2v) is 7.44. The molecule has 1 aromatic carbocycles. The molecule has 7 heteroatoms. The van der Waals surface area contributed by atoms with Gasteiger partial charge in [-0.25, -0.2) is 4.98 Å². The highest BCUT2D eigenvalue weighted by atomic mass is 32.2. The second kappa shape index (κ2) is 9.44. The van der Waals surface area contributed by atoms with E-state index in [0.29, 0.717) is 10.6 Å². The average Bonchev–Trinajstić information content (AvgIpc) is 3.01. The first-order chi connectivity index (χ1) is 11.6. The number of thiazole rings is 1. The van der Waals surface area contributed by atoms with Crippen LogP contribution in [0.3, 0.4) is 0 Å². The van der Waals surface area contributed by atoms with E-state index >= 15 is 0 Å². The van der Waals surface area contributed by atoms with Crippen LogP contribution in [0.4, 0.5) is 5.69 Å². The predicted octanol–water partition coefficient (Wildman–Crippen LogP) is 4.06. The van der Waals surface area contributed by atoms with E-state index in [-0.39, 0.29) is 12.3 Å². The Hall–Kier alpha value is -1.86. The number of amides is 1. The third-order valence-electron chi connectivity index (χ3n) is 3.16. The number of carboxylic acid groups (broad SMARTS) is 1. The lowest BCUT2D eigenvalue weighted by Gasteiger charge is -2.06. The van der Waals surface area contributed by atoms with Crippen LogP contribution in [0.1, 0.15) is 40.0 Å². The van der Waals surface area contributed by atoms with E-state index in [2.05, 4.69) is 17.2 Å². The first-order valence-corrected chi connectivity index (χ1v) is 9.70. The number of benzene rings is 1. The fourth-order valence-corrected chi connectivity index (χ4v) is 3.82. The van der Waals surface area contributed by atoms with E-state index in [1.54, 1.807) is 18.0 Å². The molecule has 128 valence electrons. The fraction of sp³-hybridized carbons (Fsp3) is 0.353. The van der Waals surface area contributed by atoms with Gasteiger partial charge in [0.1, 0.15) is 4.88 Å². The molecule has 1 heterocycles. The fourth-order valence-electron chi connectivity index (χ4n) is 2.03. The van der Waals surface area contributed by atoms with Gasteiger partial charge in [0.25, 0.3) is 5.91 Å². The summed E-state index contributed by atoms with van der Waals surface area (Å²) in [5, 5.41) is 12.5. The lowest BCUT2D eigenvalue weighted by atomic mass is 10.2. The summed E-state index contributed by atoms with van der Waals surface area (Å²) in [5.74, 6) is 0.367. The Morgan fingerprint density at radius 2 is 2.21 bits per heavy atom. The highest BCUT2D eigenvalue weighted by Gasteiger charge is 2.11. The van der Waals surface area contributed by atoms with Crippen LogP contribution < -0.4 is 5.32 Å². The number of hydrogen-bond acceptors (Lipinski definition) is 5. The first kappa shape index (κ1) is 18.5. The maximum atomic E-state index is 12.3. The van der Waals surface area contributed by atoms with Crippen molar-refractivity contribution in [2.45, 2.75) is 31.9 Å². The number of carbonyl (C=O) groups excluding carboxylic acids is 1. The van der Waals surface area contributed by atoms with Crippen molar-refractivity contribution in [1.29, 1.82) is 0 Å². The van der Waals surface area contributed by atoms with Crippen molar-refractivity contribution >= 4 is 40.7 Å². The Balaban J connectivity index is 1.90. The number of aryl methyl sites for hydroxylation is 1. The van der Waals surface area contributed by atoms with E-state index in [9.17, 15) is 9.59 Å². The highest BCUT2D eigenvalue weighted by Crippen LogP contribution is 2.20. The molecule has 2 aromatic rings. The maximum Gasteiger partial charge on any atom is 0.304 e. The first-order valence-electron chi connectivity index (χ1n) is 7.73. The minimum atomic E-state index is -0.782. The Labute approximate surface area is 149 Å². The summed E-state index contributed by atoms with van der Waals surface area (Å²) in [4.78, 5) is 27.6. The number of nitrogens with zero attached hydrogens (tertiary/aromatic N) is 1. The Kier molecular flexibility index (Phi) is 7.27. The second-order valence-electron chi connectivity index (χ2n) is 5.22. The molecule has 1 amide bonds. The molecular weight excluding hydrogens is 344 g/mol. The lowest BCUT2D eigenvalue weighted by Crippen LogP contribution is -2.10. The van der Waals surface area contributed by atoms with Gasteiger partial charge in [0.05, 0.1) is 17.6 Å². The van der Waals surface area contributed by atoms with Crippen molar-refractivity contribution in [2.75, 3.05) is 11.1 Å². The summed E-state index contributed by atoms with van der Waals surface area (Å²) in [5.41, 5.74) is 1.79. The van der Waals surface area contributed by atoms with Crippen molar-refractivity contribution in [1.82, 2.24) is 4.98 Å². The molecule has 24 heavy (non-hydrogen) atoms. The largest absolute Gasteiger partial charge is 0.481 e. The summed E-state index contributed by atoms with van der Waals surface area (Å²) in [6, 6.07) is 7.62. The number of carboxylic acids is 1. The Morgan fingerprint density at radius 1 is 1.38 bits per heavy atom. The van der Waals surface area contributed by atoms with Crippen LogP contribution in [0.5, 0.6) is 0 Å². The van der Waals surface area contributed by atoms with Crippen LogP contribution in [-0.4, -0.2) is 27.7 Å². The predicted molar refractivity (Wildman–Crippen MR) is 98.9 cm³/mol. The smallest absolute Gasteiger partial charge is 0.304 e. The van der Waals surface area contributed by atoms with Crippen LogP contribution >= 0.6 is 23.1 Å². The standard InChI is InChI=1S/C17H20N2O3S2/c1-2-4-15-18-10-14(24-15)17(22)19-13-6-3-5-12(9-13)11-23-8-7-16(20)21/h3,5-6,9-10H,2,4,7-8,11H2,1H3,(H,19,22)(H,20,21). The molecule has 1 aromatic heterocycles. The van der Waals surface area contributed by atoms with E-state index in [1.807, 2.05) is 24.3 Å². The number of nitrogens with one attached hydrogen (secondary N) is 1. The minimum Gasteiger partial charge on any atom is -0.481 e. The molecule has 0 saturated heterocycles. The number of aromatic nitrogens is 1. The maximum absolute atomic E-state index is 12.3. The van der Waals surface area contributed by atoms with Crippen LogP contribution in [0.15, 0.2) is 30.5 Å². The van der Waals surface area contributed by atoms with Crippen molar-refractivity contribution in [3.05, 3.63) is 45.9 Å². The Bertz CT molecular complexity index is 701.